The van der Waals surface area contributed by atoms with Gasteiger partial charge in [-0.15, -0.1) is 0 Å². The van der Waals surface area contributed by atoms with Gasteiger partial charge in [-0.3, -0.25) is 14.6 Å². The van der Waals surface area contributed by atoms with E-state index in [0.29, 0.717) is 25.1 Å². The molecule has 76 heavy (non-hydrogen) atoms. The molecule has 0 spiro atoms. The summed E-state index contributed by atoms with van der Waals surface area (Å²) in [5, 5.41) is 73.9. The number of nitrogens with zero attached hydrogens (tertiary/aromatic N) is 3. The molecule has 3 fully saturated rings. The summed E-state index contributed by atoms with van der Waals surface area (Å²) in [5.74, 6) is -4.63. The van der Waals surface area contributed by atoms with Crippen LogP contribution in [-0.4, -0.2) is 209 Å². The number of hydrogen-bond acceptors (Lipinski definition) is 18. The van der Waals surface area contributed by atoms with E-state index >= 15 is 0 Å². The number of amides is 1. The molecule has 5 rings (SSSR count). The van der Waals surface area contributed by atoms with Gasteiger partial charge in [-0.25, -0.2) is 9.18 Å². The van der Waals surface area contributed by atoms with Gasteiger partial charge in [-0.1, -0.05) is 58.0 Å². The maximum Gasteiger partial charge on any atom is 0.356 e. The van der Waals surface area contributed by atoms with E-state index in [1.807, 2.05) is 38.8 Å². The van der Waals surface area contributed by atoms with Crippen molar-refractivity contribution in [3.63, 3.8) is 0 Å². The first-order valence-corrected chi connectivity index (χ1v) is 27.1. The van der Waals surface area contributed by atoms with Gasteiger partial charge < -0.3 is 74.2 Å². The molecular formula is C56H91FN4O15. The molecule has 4 heterocycles. The number of alkyl halides is 1. The number of hydrogen-bond donors (Lipinski definition) is 7. The largest absolute Gasteiger partial charge is 0.464 e. The van der Waals surface area contributed by atoms with Crippen LogP contribution < -0.4 is 5.32 Å². The Kier molecular flexibility index (Phi) is 22.2. The van der Waals surface area contributed by atoms with Crippen LogP contribution >= 0.6 is 0 Å². The zero-order chi connectivity index (χ0) is 56.8. The molecule has 432 valence electrons. The lowest BCUT2D eigenvalue weighted by molar-refractivity contribution is -0.302. The van der Waals surface area contributed by atoms with E-state index in [-0.39, 0.29) is 49.8 Å². The number of dihydropyridines is 1. The van der Waals surface area contributed by atoms with Crippen molar-refractivity contribution in [1.29, 1.82) is 0 Å². The minimum atomic E-state index is -1.86. The minimum absolute atomic E-state index is 0.111. The quantitative estimate of drug-likeness (QED) is 0.124. The van der Waals surface area contributed by atoms with Crippen LogP contribution in [0.3, 0.4) is 0 Å². The molecule has 0 bridgehead atoms. The fourth-order valence-electron chi connectivity index (χ4n) is 12.3. The van der Waals surface area contributed by atoms with E-state index in [2.05, 4.69) is 10.3 Å². The molecule has 1 amide bonds. The standard InChI is InChI=1S/C56H91FN4O15/c1-15-43-56(10,70)48(65)34(6)61(12)29-30(2)25-54(8,69)50(32(4)45(33(5)51(67)75-43)42-26-55(9,72-14)49(66)35(7)74-42)76-53-47(64)41(24-31(3)73-53)60(11)23-22-44(62)59-40(27-57)46(63)37-18-16-36(17-19-37)38-20-21-39(58-28-38)52(68)71-13/h16-21,30-35,38,40-43,45-50,53,63-66,69-70H,15,22-29H2,1-14H3,(H,59,62)/t30-,31-,32+,33-,34-,35+,38?,40-,41+,42?,43-,45+,46-,47-,48-,49+,50-,53+,54-,55-,56-/m1/s1. The SMILES string of the molecule is CC[C@H]1OC(=O)[C@H](C)[C@@H](C2C[C@@](C)(OC)[C@@H](O)[C@H](C)O2)[C@H](C)[C@@H](O[C@@H]2O[C@H](C)C[C@H](N(C)CCC(=O)N[C@H](CF)[C@H](O)c3ccc(C4C=CC(C(=O)OC)=NC4)cc3)[C@H]2O)[C@](C)(O)C[C@@H](C)CN(C)[C@H](C)[C@@H](O)[C@]1(C)O. The summed E-state index contributed by atoms with van der Waals surface area (Å²) in [6, 6.07) is 4.41. The van der Waals surface area contributed by atoms with Crippen LogP contribution in [0.5, 0.6) is 0 Å². The topological polar surface area (TPSA) is 259 Å². The van der Waals surface area contributed by atoms with Gasteiger partial charge in [0.05, 0.1) is 61.2 Å². The van der Waals surface area contributed by atoms with Crippen LogP contribution in [0.15, 0.2) is 41.4 Å². The van der Waals surface area contributed by atoms with Gasteiger partial charge in [0.1, 0.15) is 48.5 Å². The lowest BCUT2D eigenvalue weighted by Gasteiger charge is -2.51. The van der Waals surface area contributed by atoms with Crippen LogP contribution in [0.25, 0.3) is 0 Å². The Labute approximate surface area is 449 Å². The summed E-state index contributed by atoms with van der Waals surface area (Å²) >= 11 is 0. The minimum Gasteiger partial charge on any atom is -0.464 e. The molecule has 19 nitrogen and oxygen atoms in total. The number of carbonyl (C=O) groups excluding carboxylic acids is 3. The van der Waals surface area contributed by atoms with E-state index in [9.17, 15) is 49.4 Å². The van der Waals surface area contributed by atoms with Gasteiger partial charge in [-0.05, 0) is 104 Å². The second kappa shape index (κ2) is 26.6. The molecular weight excluding hydrogens is 988 g/mol. The number of esters is 2. The van der Waals surface area contributed by atoms with Crippen molar-refractivity contribution >= 4 is 23.6 Å². The van der Waals surface area contributed by atoms with Crippen molar-refractivity contribution in [2.24, 2.45) is 28.7 Å². The van der Waals surface area contributed by atoms with Crippen LogP contribution in [0.2, 0.25) is 0 Å². The number of nitrogens with one attached hydrogen (secondary N) is 1. The Morgan fingerprint density at radius 2 is 1.66 bits per heavy atom. The number of cyclic esters (lactones) is 1. The third-order valence-electron chi connectivity index (χ3n) is 17.1. The molecule has 0 saturated carbocycles. The predicted octanol–water partition coefficient (Wildman–Crippen LogP) is 3.39. The molecule has 20 heteroatoms. The highest BCUT2D eigenvalue weighted by atomic mass is 19.1. The summed E-state index contributed by atoms with van der Waals surface area (Å²) in [7, 11) is 6.34. The van der Waals surface area contributed by atoms with Crippen molar-refractivity contribution in [1.82, 2.24) is 15.1 Å². The molecule has 21 atom stereocenters. The normalized spacial score (nSPS) is 40.2. The van der Waals surface area contributed by atoms with Gasteiger partial charge in [0, 0.05) is 57.0 Å². The zero-order valence-corrected chi connectivity index (χ0v) is 47.3. The number of methoxy groups -OCH3 is 2. The van der Waals surface area contributed by atoms with Gasteiger partial charge in [0.25, 0.3) is 0 Å². The lowest BCUT2D eigenvalue weighted by Crippen LogP contribution is -2.62. The molecule has 7 N–H and O–H groups in total. The molecule has 0 aliphatic carbocycles. The van der Waals surface area contributed by atoms with Gasteiger partial charge in [0.2, 0.25) is 5.91 Å². The van der Waals surface area contributed by atoms with Crippen LogP contribution in [0, 0.1) is 23.7 Å². The van der Waals surface area contributed by atoms with Gasteiger partial charge in [-0.2, -0.15) is 0 Å². The fraction of sp³-hybridized carbons (Fsp3) is 0.786. The highest BCUT2D eigenvalue weighted by molar-refractivity contribution is 6.41. The van der Waals surface area contributed by atoms with E-state index in [1.165, 1.54) is 21.1 Å². The molecule has 1 aromatic carbocycles. The van der Waals surface area contributed by atoms with Crippen LogP contribution in [0.4, 0.5) is 4.39 Å². The number of benzene rings is 1. The van der Waals surface area contributed by atoms with Crippen molar-refractivity contribution in [3.8, 4) is 0 Å². The van der Waals surface area contributed by atoms with Crippen molar-refractivity contribution in [2.75, 3.05) is 54.6 Å². The Morgan fingerprint density at radius 3 is 2.24 bits per heavy atom. The first kappa shape index (κ1) is 63.3. The third kappa shape index (κ3) is 14.6. The third-order valence-corrected chi connectivity index (χ3v) is 17.1. The number of ether oxygens (including phenoxy) is 6. The van der Waals surface area contributed by atoms with Crippen LogP contribution in [0.1, 0.15) is 124 Å². The monoisotopic (exact) mass is 1080 g/mol. The fourth-order valence-corrected chi connectivity index (χ4v) is 12.3. The van der Waals surface area contributed by atoms with Crippen molar-refractivity contribution in [3.05, 3.63) is 47.5 Å². The number of aliphatic imine (C=N–C) groups is 1. The van der Waals surface area contributed by atoms with Gasteiger partial charge in [0.15, 0.2) is 6.29 Å². The summed E-state index contributed by atoms with van der Waals surface area (Å²) in [6.45, 7) is 17.3. The number of carbonyl (C=O) groups is 3. The molecule has 4 aliphatic heterocycles. The molecule has 2 unspecified atom stereocenters. The Morgan fingerprint density at radius 1 is 1.00 bits per heavy atom. The first-order chi connectivity index (χ1) is 35.5. The average molecular weight is 1080 g/mol. The average Bonchev–Trinajstić information content (AvgIpc) is 3.38. The number of aliphatic hydroxyl groups is 6. The Bertz CT molecular complexity index is 2130. The number of aliphatic hydroxyl groups excluding tert-OH is 4. The summed E-state index contributed by atoms with van der Waals surface area (Å²) < 4.78 is 51.2. The maximum absolute atomic E-state index is 14.6. The summed E-state index contributed by atoms with van der Waals surface area (Å²) in [6.07, 6.45) is -6.50. The van der Waals surface area contributed by atoms with Crippen molar-refractivity contribution < 1.29 is 77.8 Å². The first-order valence-electron chi connectivity index (χ1n) is 27.1. The lowest BCUT2D eigenvalue weighted by atomic mass is 9.68. The number of rotatable bonds is 15. The van der Waals surface area contributed by atoms with E-state index < -0.39 is 138 Å². The molecule has 1 aromatic rings. The van der Waals surface area contributed by atoms with E-state index in [0.717, 1.165) is 5.56 Å². The molecule has 0 radical (unpaired) electrons. The number of likely N-dealkylation sites (N-methyl/N-ethyl adjacent to an activating group) is 2. The second-order valence-electron chi connectivity index (χ2n) is 23.1. The summed E-state index contributed by atoms with van der Waals surface area (Å²) in [4.78, 5) is 47.9. The Balaban J connectivity index is 1.38. The number of halogens is 1. The van der Waals surface area contributed by atoms with Crippen molar-refractivity contribution in [2.45, 2.75) is 203 Å². The zero-order valence-electron chi connectivity index (χ0n) is 47.3. The maximum atomic E-state index is 14.6. The molecule has 3 saturated heterocycles. The highest BCUT2D eigenvalue weighted by Gasteiger charge is 2.55. The second-order valence-corrected chi connectivity index (χ2v) is 23.1. The predicted molar refractivity (Wildman–Crippen MR) is 282 cm³/mol. The summed E-state index contributed by atoms with van der Waals surface area (Å²) in [5.41, 5.74) is -3.14. The molecule has 4 aliphatic rings. The van der Waals surface area contributed by atoms with E-state index in [4.69, 9.17) is 28.4 Å². The highest BCUT2D eigenvalue weighted by Crippen LogP contribution is 2.45. The van der Waals surface area contributed by atoms with Crippen LogP contribution in [-0.2, 0) is 42.8 Å². The molecule has 0 aromatic heterocycles. The van der Waals surface area contributed by atoms with Gasteiger partial charge >= 0.3 is 11.9 Å². The Hall–Kier alpha value is -3.51. The smallest absolute Gasteiger partial charge is 0.356 e. The van der Waals surface area contributed by atoms with E-state index in [1.54, 1.807) is 83.8 Å².